The molecule has 0 saturated carbocycles. The van der Waals surface area contributed by atoms with E-state index in [1.807, 2.05) is 6.92 Å². The molecule has 0 amide bonds. The van der Waals surface area contributed by atoms with Crippen molar-refractivity contribution >= 4 is 40.6 Å². The normalized spacial score (nSPS) is 11.1. The van der Waals surface area contributed by atoms with Gasteiger partial charge in [0.2, 0.25) is 5.95 Å². The van der Waals surface area contributed by atoms with Gasteiger partial charge in [0.25, 0.3) is 5.78 Å². The fraction of sp³-hybridized carbons (Fsp3) is 0.176. The number of aromatic nitrogens is 7. The molecule has 4 aromatic rings. The molecule has 142 valence electrons. The van der Waals surface area contributed by atoms with Gasteiger partial charge in [0.05, 0.1) is 22.1 Å². The molecule has 0 atom stereocenters. The second-order valence-electron chi connectivity index (χ2n) is 5.82. The zero-order valence-electron chi connectivity index (χ0n) is 14.9. The third-order valence-electron chi connectivity index (χ3n) is 3.88. The van der Waals surface area contributed by atoms with E-state index in [4.69, 9.17) is 27.9 Å². The lowest BCUT2D eigenvalue weighted by atomic mass is 10.2. The molecular weight excluding hydrogens is 403 g/mol. The van der Waals surface area contributed by atoms with Gasteiger partial charge in [-0.25, -0.2) is 9.97 Å². The number of fused-ring (bicyclic) bond motifs is 1. The average molecular weight is 417 g/mol. The lowest BCUT2D eigenvalue weighted by Gasteiger charge is -2.09. The van der Waals surface area contributed by atoms with Crippen molar-refractivity contribution in [1.82, 2.24) is 34.8 Å². The molecule has 0 bridgehead atoms. The molecule has 3 heterocycles. The Balaban J connectivity index is 1.70. The van der Waals surface area contributed by atoms with E-state index in [1.54, 1.807) is 42.1 Å². The number of benzene rings is 1. The molecule has 4 rings (SSSR count). The Labute approximate surface area is 169 Å². The molecule has 3 aromatic heterocycles. The number of nitrogens with zero attached hydrogens (tertiary/aromatic N) is 7. The van der Waals surface area contributed by atoms with Crippen molar-refractivity contribution in [3.05, 3.63) is 52.0 Å². The summed E-state index contributed by atoms with van der Waals surface area (Å²) < 4.78 is 6.68. The molecule has 0 spiro atoms. The number of anilines is 2. The largest absolute Gasteiger partial charge is 0.377 e. The monoisotopic (exact) mass is 416 g/mol. The summed E-state index contributed by atoms with van der Waals surface area (Å²) in [4.78, 5) is 13.0. The molecule has 0 unspecified atom stereocenters. The van der Waals surface area contributed by atoms with Gasteiger partial charge in [0.1, 0.15) is 12.3 Å². The number of halogens is 2. The fourth-order valence-electron chi connectivity index (χ4n) is 2.59. The van der Waals surface area contributed by atoms with E-state index in [9.17, 15) is 0 Å². The quantitative estimate of drug-likeness (QED) is 0.527. The van der Waals surface area contributed by atoms with Crippen molar-refractivity contribution in [3.8, 4) is 11.4 Å². The number of rotatable bonds is 5. The van der Waals surface area contributed by atoms with E-state index in [1.165, 1.54) is 0 Å². The maximum Gasteiger partial charge on any atom is 0.272 e. The Bertz CT molecular complexity index is 1160. The van der Waals surface area contributed by atoms with Crippen molar-refractivity contribution < 1.29 is 4.74 Å². The summed E-state index contributed by atoms with van der Waals surface area (Å²) in [5, 5.41) is 16.9. The summed E-state index contributed by atoms with van der Waals surface area (Å²) in [6, 6.07) is 6.86. The molecule has 28 heavy (non-hydrogen) atoms. The first kappa shape index (κ1) is 18.5. The smallest absolute Gasteiger partial charge is 0.272 e. The highest BCUT2D eigenvalue weighted by Crippen LogP contribution is 2.28. The second kappa shape index (κ2) is 7.63. The van der Waals surface area contributed by atoms with Crippen molar-refractivity contribution in [1.29, 1.82) is 0 Å². The summed E-state index contributed by atoms with van der Waals surface area (Å²) in [7, 11) is 1.58. The Kier molecular flexibility index (Phi) is 5.03. The van der Waals surface area contributed by atoms with Gasteiger partial charge in [-0.05, 0) is 31.2 Å². The predicted octanol–water partition coefficient (Wildman–Crippen LogP) is 3.48. The van der Waals surface area contributed by atoms with Crippen LogP contribution in [0.3, 0.4) is 0 Å². The first-order chi connectivity index (χ1) is 13.5. The molecule has 0 fully saturated rings. The highest BCUT2D eigenvalue weighted by Gasteiger charge is 2.15. The van der Waals surface area contributed by atoms with Crippen LogP contribution in [-0.4, -0.2) is 41.9 Å². The van der Waals surface area contributed by atoms with Crippen LogP contribution in [0.2, 0.25) is 10.0 Å². The highest BCUT2D eigenvalue weighted by molar-refractivity contribution is 6.36. The lowest BCUT2D eigenvalue weighted by Crippen LogP contribution is -2.05. The van der Waals surface area contributed by atoms with Gasteiger partial charge >= 0.3 is 0 Å². The zero-order chi connectivity index (χ0) is 19.7. The number of ether oxygens (including phenoxy) is 1. The molecular formula is C17H14Cl2N8O. The van der Waals surface area contributed by atoms with Crippen LogP contribution in [0, 0.1) is 6.92 Å². The maximum atomic E-state index is 6.20. The minimum absolute atomic E-state index is 0.293. The highest BCUT2D eigenvalue weighted by atomic mass is 35.5. The SMILES string of the molecule is COCc1nc2nnc(-c3ccnc(Nc4ccc(Cl)cc4Cl)n3)c(C)n2n1. The molecule has 1 N–H and O–H groups in total. The van der Waals surface area contributed by atoms with Crippen LogP contribution in [0.4, 0.5) is 11.6 Å². The van der Waals surface area contributed by atoms with Gasteiger partial charge in [0.15, 0.2) is 5.82 Å². The molecule has 1 aromatic carbocycles. The number of nitrogens with one attached hydrogen (secondary N) is 1. The first-order valence-electron chi connectivity index (χ1n) is 8.18. The standard InChI is InChI=1S/C17H14Cl2N8O/c1-9-15(24-25-17-23-14(8-28-2)26-27(9)17)13-5-6-20-16(22-13)21-12-4-3-10(18)7-11(12)19/h3-7H,8H2,1-2H3,(H,20,21,22). The minimum atomic E-state index is 0.293. The van der Waals surface area contributed by atoms with Crippen LogP contribution < -0.4 is 5.32 Å². The van der Waals surface area contributed by atoms with E-state index in [-0.39, 0.29) is 0 Å². The number of aryl methyl sites for hydroxylation is 1. The predicted molar refractivity (Wildman–Crippen MR) is 105 cm³/mol. The van der Waals surface area contributed by atoms with Gasteiger partial charge < -0.3 is 10.1 Å². The number of methoxy groups -OCH3 is 1. The van der Waals surface area contributed by atoms with E-state index < -0.39 is 0 Å². The van der Waals surface area contributed by atoms with E-state index >= 15 is 0 Å². The molecule has 0 aliphatic carbocycles. The zero-order valence-corrected chi connectivity index (χ0v) is 16.4. The third-order valence-corrected chi connectivity index (χ3v) is 4.43. The van der Waals surface area contributed by atoms with E-state index in [0.717, 1.165) is 5.69 Å². The summed E-state index contributed by atoms with van der Waals surface area (Å²) in [5.41, 5.74) is 2.53. The van der Waals surface area contributed by atoms with Crippen LogP contribution in [0.5, 0.6) is 0 Å². The van der Waals surface area contributed by atoms with Crippen molar-refractivity contribution in [2.24, 2.45) is 0 Å². The van der Waals surface area contributed by atoms with Gasteiger partial charge in [0, 0.05) is 18.3 Å². The van der Waals surface area contributed by atoms with Crippen molar-refractivity contribution in [3.63, 3.8) is 0 Å². The molecule has 0 aliphatic rings. The summed E-state index contributed by atoms with van der Waals surface area (Å²) in [6.07, 6.45) is 1.62. The topological polar surface area (TPSA) is 103 Å². The van der Waals surface area contributed by atoms with Crippen molar-refractivity contribution in [2.75, 3.05) is 12.4 Å². The van der Waals surface area contributed by atoms with E-state index in [2.05, 4.69) is 35.6 Å². The Hall–Kier alpha value is -2.88. The van der Waals surface area contributed by atoms with Crippen LogP contribution in [0.1, 0.15) is 11.5 Å². The summed E-state index contributed by atoms with van der Waals surface area (Å²) >= 11 is 12.1. The van der Waals surface area contributed by atoms with Crippen molar-refractivity contribution in [2.45, 2.75) is 13.5 Å². The van der Waals surface area contributed by atoms with Gasteiger partial charge in [-0.1, -0.05) is 23.2 Å². The lowest BCUT2D eigenvalue weighted by molar-refractivity contribution is 0.178. The Morgan fingerprint density at radius 1 is 1.14 bits per heavy atom. The van der Waals surface area contributed by atoms with Gasteiger partial charge in [-0.15, -0.1) is 15.3 Å². The second-order valence-corrected chi connectivity index (χ2v) is 6.67. The summed E-state index contributed by atoms with van der Waals surface area (Å²) in [5.74, 6) is 1.29. The molecule has 0 aliphatic heterocycles. The van der Waals surface area contributed by atoms with Gasteiger partial charge in [-0.3, -0.25) is 0 Å². The molecule has 9 nitrogen and oxygen atoms in total. The maximum absolute atomic E-state index is 6.20. The fourth-order valence-corrected chi connectivity index (χ4v) is 3.05. The minimum Gasteiger partial charge on any atom is -0.377 e. The van der Waals surface area contributed by atoms with E-state index in [0.29, 0.717) is 51.3 Å². The average Bonchev–Trinajstić information content (AvgIpc) is 3.09. The van der Waals surface area contributed by atoms with Crippen LogP contribution in [0.25, 0.3) is 17.2 Å². The third kappa shape index (κ3) is 3.59. The number of hydrogen-bond acceptors (Lipinski definition) is 8. The van der Waals surface area contributed by atoms with Crippen LogP contribution in [0.15, 0.2) is 30.5 Å². The Morgan fingerprint density at radius 3 is 2.79 bits per heavy atom. The molecule has 0 saturated heterocycles. The summed E-state index contributed by atoms with van der Waals surface area (Å²) in [6.45, 7) is 2.16. The molecule has 11 heteroatoms. The van der Waals surface area contributed by atoms with Gasteiger partial charge in [-0.2, -0.15) is 9.50 Å². The number of hydrogen-bond donors (Lipinski definition) is 1. The Morgan fingerprint density at radius 2 is 2.00 bits per heavy atom. The first-order valence-corrected chi connectivity index (χ1v) is 8.94. The van der Waals surface area contributed by atoms with Crippen LogP contribution in [-0.2, 0) is 11.3 Å². The van der Waals surface area contributed by atoms with Crippen LogP contribution >= 0.6 is 23.2 Å². The molecule has 0 radical (unpaired) electrons.